The first-order valence-corrected chi connectivity index (χ1v) is 6.11. The molecule has 1 aliphatic rings. The van der Waals surface area contributed by atoms with Gasteiger partial charge in [0.2, 0.25) is 0 Å². The topological polar surface area (TPSA) is 26.3 Å². The van der Waals surface area contributed by atoms with Gasteiger partial charge in [-0.15, -0.1) is 0 Å². The Labute approximate surface area is 94.4 Å². The summed E-state index contributed by atoms with van der Waals surface area (Å²) in [7, 11) is 0. The first-order chi connectivity index (χ1) is 7.02. The number of ketones is 1. The summed E-state index contributed by atoms with van der Waals surface area (Å²) in [6.45, 7) is 10.3. The largest absolute Gasteiger partial charge is 0.381 e. The van der Waals surface area contributed by atoms with Gasteiger partial charge in [-0.25, -0.2) is 0 Å². The maximum Gasteiger partial charge on any atom is 0.133 e. The van der Waals surface area contributed by atoms with E-state index in [4.69, 9.17) is 4.74 Å². The maximum absolute atomic E-state index is 11.1. The molecule has 0 aliphatic carbocycles. The van der Waals surface area contributed by atoms with Crippen LogP contribution in [0.25, 0.3) is 0 Å². The molecule has 1 heterocycles. The average Bonchev–Trinajstić information content (AvgIpc) is 2.55. The highest BCUT2D eigenvalue weighted by Crippen LogP contribution is 2.07. The molecule has 1 aliphatic heterocycles. The van der Waals surface area contributed by atoms with Crippen LogP contribution in [0.5, 0.6) is 0 Å². The van der Waals surface area contributed by atoms with Crippen molar-refractivity contribution < 1.29 is 9.53 Å². The Morgan fingerprint density at radius 3 is 1.60 bits per heavy atom. The SMILES string of the molecule is C1CCOC1.CC(C)CC(=O)CC(C)C. The van der Waals surface area contributed by atoms with E-state index in [1.807, 2.05) is 0 Å². The zero-order valence-electron chi connectivity index (χ0n) is 10.7. The van der Waals surface area contributed by atoms with Gasteiger partial charge in [-0.2, -0.15) is 0 Å². The van der Waals surface area contributed by atoms with Crippen molar-refractivity contribution in [3.63, 3.8) is 0 Å². The molecule has 0 saturated carbocycles. The molecule has 1 saturated heterocycles. The molecular weight excluding hydrogens is 188 g/mol. The van der Waals surface area contributed by atoms with Crippen molar-refractivity contribution in [3.8, 4) is 0 Å². The summed E-state index contributed by atoms with van der Waals surface area (Å²) in [4.78, 5) is 11.1. The monoisotopic (exact) mass is 214 g/mol. The van der Waals surface area contributed by atoms with E-state index in [2.05, 4.69) is 27.7 Å². The number of carbonyl (C=O) groups is 1. The fourth-order valence-electron chi connectivity index (χ4n) is 1.50. The Bertz CT molecular complexity index is 138. The zero-order chi connectivity index (χ0) is 11.7. The third-order valence-electron chi connectivity index (χ3n) is 2.10. The van der Waals surface area contributed by atoms with Crippen molar-refractivity contribution in [1.82, 2.24) is 0 Å². The number of carbonyl (C=O) groups excluding carboxylic acids is 1. The Kier molecular flexibility index (Phi) is 8.68. The zero-order valence-corrected chi connectivity index (χ0v) is 10.7. The number of hydrogen-bond acceptors (Lipinski definition) is 2. The van der Waals surface area contributed by atoms with Crippen LogP contribution in [0.2, 0.25) is 0 Å². The molecule has 0 amide bonds. The Morgan fingerprint density at radius 2 is 1.40 bits per heavy atom. The average molecular weight is 214 g/mol. The van der Waals surface area contributed by atoms with Gasteiger partial charge in [0.1, 0.15) is 5.78 Å². The predicted molar refractivity (Wildman–Crippen MR) is 64.0 cm³/mol. The van der Waals surface area contributed by atoms with Crippen LogP contribution in [0, 0.1) is 11.8 Å². The highest BCUT2D eigenvalue weighted by Gasteiger charge is 2.06. The van der Waals surface area contributed by atoms with E-state index in [1.165, 1.54) is 12.8 Å². The van der Waals surface area contributed by atoms with Crippen LogP contribution < -0.4 is 0 Å². The van der Waals surface area contributed by atoms with Gasteiger partial charge in [0.15, 0.2) is 0 Å². The fourth-order valence-corrected chi connectivity index (χ4v) is 1.50. The van der Waals surface area contributed by atoms with Gasteiger partial charge >= 0.3 is 0 Å². The van der Waals surface area contributed by atoms with Crippen LogP contribution in [-0.4, -0.2) is 19.0 Å². The summed E-state index contributed by atoms with van der Waals surface area (Å²) >= 11 is 0. The van der Waals surface area contributed by atoms with Crippen molar-refractivity contribution in [2.75, 3.05) is 13.2 Å². The van der Waals surface area contributed by atoms with Gasteiger partial charge < -0.3 is 4.74 Å². The molecule has 0 aromatic rings. The van der Waals surface area contributed by atoms with Gasteiger partial charge in [-0.3, -0.25) is 4.79 Å². The molecule has 90 valence electrons. The van der Waals surface area contributed by atoms with E-state index >= 15 is 0 Å². The number of rotatable bonds is 4. The predicted octanol–water partition coefficient (Wildman–Crippen LogP) is 3.44. The lowest BCUT2D eigenvalue weighted by Crippen LogP contribution is -2.05. The fraction of sp³-hybridized carbons (Fsp3) is 0.923. The summed E-state index contributed by atoms with van der Waals surface area (Å²) in [6, 6.07) is 0. The standard InChI is InChI=1S/C9H18O.C4H8O/c1-7(2)5-9(10)6-8(3)4;1-2-4-5-3-1/h7-8H,5-6H2,1-4H3;1-4H2. The van der Waals surface area contributed by atoms with Gasteiger partial charge in [0.25, 0.3) is 0 Å². The lowest BCUT2D eigenvalue weighted by atomic mass is 10.00. The molecule has 1 fully saturated rings. The molecule has 0 radical (unpaired) electrons. The smallest absolute Gasteiger partial charge is 0.133 e. The Morgan fingerprint density at radius 1 is 1.00 bits per heavy atom. The maximum atomic E-state index is 11.1. The number of Topliss-reactive ketones (excluding diaryl/α,β-unsaturated/α-hetero) is 1. The molecule has 15 heavy (non-hydrogen) atoms. The van der Waals surface area contributed by atoms with Gasteiger partial charge in [0, 0.05) is 26.1 Å². The Balaban J connectivity index is 0.000000322. The third-order valence-corrected chi connectivity index (χ3v) is 2.10. The van der Waals surface area contributed by atoms with Crippen molar-refractivity contribution in [3.05, 3.63) is 0 Å². The van der Waals surface area contributed by atoms with Crippen molar-refractivity contribution in [1.29, 1.82) is 0 Å². The van der Waals surface area contributed by atoms with Crippen LogP contribution in [0.4, 0.5) is 0 Å². The quantitative estimate of drug-likeness (QED) is 0.716. The minimum absolute atomic E-state index is 0.407. The molecule has 2 nitrogen and oxygen atoms in total. The molecule has 0 spiro atoms. The van der Waals surface area contributed by atoms with Gasteiger partial charge in [0.05, 0.1) is 0 Å². The summed E-state index contributed by atoms with van der Waals surface area (Å²) < 4.78 is 4.94. The second-order valence-corrected chi connectivity index (χ2v) is 5.05. The molecule has 0 aromatic carbocycles. The van der Waals surface area contributed by atoms with Gasteiger partial charge in [-0.1, -0.05) is 27.7 Å². The summed E-state index contributed by atoms with van der Waals surface area (Å²) in [5.41, 5.74) is 0. The van der Waals surface area contributed by atoms with E-state index < -0.39 is 0 Å². The Hall–Kier alpha value is -0.370. The summed E-state index contributed by atoms with van der Waals surface area (Å²) in [6.07, 6.45) is 4.05. The summed E-state index contributed by atoms with van der Waals surface area (Å²) in [5, 5.41) is 0. The van der Waals surface area contributed by atoms with E-state index in [1.54, 1.807) is 0 Å². The molecule has 0 unspecified atom stereocenters. The minimum Gasteiger partial charge on any atom is -0.381 e. The van der Waals surface area contributed by atoms with E-state index in [-0.39, 0.29) is 0 Å². The van der Waals surface area contributed by atoms with Crippen LogP contribution in [0.1, 0.15) is 53.4 Å². The molecule has 1 rings (SSSR count). The lowest BCUT2D eigenvalue weighted by molar-refractivity contribution is -0.120. The molecule has 0 N–H and O–H groups in total. The van der Waals surface area contributed by atoms with Crippen molar-refractivity contribution in [2.24, 2.45) is 11.8 Å². The van der Waals surface area contributed by atoms with E-state index in [0.29, 0.717) is 17.6 Å². The molecule has 0 atom stereocenters. The van der Waals surface area contributed by atoms with Crippen LogP contribution >= 0.6 is 0 Å². The first kappa shape index (κ1) is 14.6. The van der Waals surface area contributed by atoms with Gasteiger partial charge in [-0.05, 0) is 24.7 Å². The minimum atomic E-state index is 0.407. The molecular formula is C13H26O2. The second kappa shape index (κ2) is 8.90. The normalized spacial score (nSPS) is 15.3. The highest BCUT2D eigenvalue weighted by molar-refractivity contribution is 5.78. The van der Waals surface area contributed by atoms with Crippen LogP contribution in [-0.2, 0) is 9.53 Å². The molecule has 0 aromatic heterocycles. The molecule has 0 bridgehead atoms. The first-order valence-electron chi connectivity index (χ1n) is 6.11. The van der Waals surface area contributed by atoms with Crippen molar-refractivity contribution >= 4 is 5.78 Å². The third kappa shape index (κ3) is 11.6. The van der Waals surface area contributed by atoms with Crippen molar-refractivity contribution in [2.45, 2.75) is 53.4 Å². The lowest BCUT2D eigenvalue weighted by Gasteiger charge is -2.05. The van der Waals surface area contributed by atoms with Crippen LogP contribution in [0.15, 0.2) is 0 Å². The number of ether oxygens (including phenoxy) is 1. The highest BCUT2D eigenvalue weighted by atomic mass is 16.5. The second-order valence-electron chi connectivity index (χ2n) is 5.05. The summed E-state index contributed by atoms with van der Waals surface area (Å²) in [5.74, 6) is 1.45. The van der Waals surface area contributed by atoms with E-state index in [0.717, 1.165) is 26.1 Å². The van der Waals surface area contributed by atoms with Crippen LogP contribution in [0.3, 0.4) is 0 Å². The number of hydrogen-bond donors (Lipinski definition) is 0. The van der Waals surface area contributed by atoms with E-state index in [9.17, 15) is 4.79 Å². The molecule has 2 heteroatoms.